The quantitative estimate of drug-likeness (QED) is 0.887. The highest BCUT2D eigenvalue weighted by molar-refractivity contribution is 5.80. The first-order chi connectivity index (χ1) is 9.78. The second-order valence-electron chi connectivity index (χ2n) is 5.85. The molecule has 2 aliphatic rings. The Morgan fingerprint density at radius 2 is 2.25 bits per heavy atom. The lowest BCUT2D eigenvalue weighted by molar-refractivity contribution is -0.138. The molecule has 2 heterocycles. The van der Waals surface area contributed by atoms with Crippen LogP contribution in [0.3, 0.4) is 0 Å². The van der Waals surface area contributed by atoms with Crippen molar-refractivity contribution in [2.24, 2.45) is 17.6 Å². The zero-order chi connectivity index (χ0) is 13.9. The third-order valence-corrected chi connectivity index (χ3v) is 4.39. The van der Waals surface area contributed by atoms with Gasteiger partial charge in [-0.05, 0) is 43.4 Å². The molecule has 1 amide bonds. The predicted octanol–water partition coefficient (Wildman–Crippen LogP) is 1.43. The molecule has 0 bridgehead atoms. The van der Waals surface area contributed by atoms with Gasteiger partial charge in [0, 0.05) is 13.1 Å². The first-order valence-corrected chi connectivity index (χ1v) is 7.47. The van der Waals surface area contributed by atoms with Crippen molar-refractivity contribution in [1.82, 2.24) is 4.90 Å². The highest BCUT2D eigenvalue weighted by atomic mass is 16.5. The first-order valence-electron chi connectivity index (χ1n) is 7.47. The van der Waals surface area contributed by atoms with Gasteiger partial charge in [-0.2, -0.15) is 0 Å². The fourth-order valence-corrected chi connectivity index (χ4v) is 3.20. The molecule has 0 aliphatic carbocycles. The molecule has 3 rings (SSSR count). The summed E-state index contributed by atoms with van der Waals surface area (Å²) in [4.78, 5) is 14.6. The van der Waals surface area contributed by atoms with E-state index in [9.17, 15) is 4.79 Å². The molecule has 1 aromatic carbocycles. The summed E-state index contributed by atoms with van der Waals surface area (Å²) in [6.07, 6.45) is 3.00. The number of nitrogens with two attached hydrogens (primary N) is 1. The van der Waals surface area contributed by atoms with Gasteiger partial charge in [0.1, 0.15) is 12.4 Å². The number of piperidine rings is 1. The number of carbonyl (C=O) groups excluding carboxylic acids is 1. The van der Waals surface area contributed by atoms with Crippen LogP contribution >= 0.6 is 0 Å². The van der Waals surface area contributed by atoms with Gasteiger partial charge >= 0.3 is 0 Å². The molecule has 1 aromatic rings. The largest absolute Gasteiger partial charge is 0.492 e. The van der Waals surface area contributed by atoms with E-state index in [0.29, 0.717) is 19.1 Å². The van der Waals surface area contributed by atoms with E-state index in [4.69, 9.17) is 10.5 Å². The minimum atomic E-state index is -0.0403. The molecule has 108 valence electrons. The summed E-state index contributed by atoms with van der Waals surface area (Å²) in [5, 5.41) is 0. The molecule has 0 aromatic heterocycles. The van der Waals surface area contributed by atoms with Crippen LogP contribution in [0.2, 0.25) is 0 Å². The smallest absolute Gasteiger partial charge is 0.229 e. The molecule has 4 nitrogen and oxygen atoms in total. The Hall–Kier alpha value is -1.55. The summed E-state index contributed by atoms with van der Waals surface area (Å²) in [5.41, 5.74) is 6.89. The summed E-state index contributed by atoms with van der Waals surface area (Å²) in [6.45, 7) is 2.86. The fourth-order valence-electron chi connectivity index (χ4n) is 3.20. The number of benzene rings is 1. The van der Waals surface area contributed by atoms with Gasteiger partial charge in [0.25, 0.3) is 0 Å². The third kappa shape index (κ3) is 2.66. The number of hydrogen-bond acceptors (Lipinski definition) is 3. The maximum Gasteiger partial charge on any atom is 0.229 e. The van der Waals surface area contributed by atoms with E-state index in [0.717, 1.165) is 43.7 Å². The van der Waals surface area contributed by atoms with Crippen molar-refractivity contribution in [3.8, 4) is 5.75 Å². The minimum Gasteiger partial charge on any atom is -0.492 e. The van der Waals surface area contributed by atoms with E-state index >= 15 is 0 Å². The molecule has 2 unspecified atom stereocenters. The average Bonchev–Trinajstić information content (AvgIpc) is 2.53. The number of hydrogen-bond donors (Lipinski definition) is 1. The lowest BCUT2D eigenvalue weighted by Crippen LogP contribution is -2.46. The molecular formula is C16H22N2O2. The van der Waals surface area contributed by atoms with Gasteiger partial charge < -0.3 is 15.4 Å². The molecular weight excluding hydrogens is 252 g/mol. The second-order valence-corrected chi connectivity index (χ2v) is 5.85. The maximum atomic E-state index is 12.6. The van der Waals surface area contributed by atoms with Crippen LogP contribution in [0.25, 0.3) is 0 Å². The van der Waals surface area contributed by atoms with Crippen LogP contribution in [-0.4, -0.2) is 37.0 Å². The molecule has 0 spiro atoms. The molecule has 0 saturated carbocycles. The SMILES string of the molecule is NCC1CCCN(C(=O)C2COc3ccccc3C2)C1. The Morgan fingerprint density at radius 1 is 1.40 bits per heavy atom. The summed E-state index contributed by atoms with van der Waals surface area (Å²) >= 11 is 0. The minimum absolute atomic E-state index is 0.0403. The Kier molecular flexibility index (Phi) is 3.92. The summed E-state index contributed by atoms with van der Waals surface area (Å²) in [5.74, 6) is 1.58. The molecule has 0 radical (unpaired) electrons. The van der Waals surface area contributed by atoms with E-state index in [2.05, 4.69) is 0 Å². The van der Waals surface area contributed by atoms with Gasteiger partial charge in [-0.1, -0.05) is 18.2 Å². The van der Waals surface area contributed by atoms with Gasteiger partial charge in [-0.3, -0.25) is 4.79 Å². The molecule has 20 heavy (non-hydrogen) atoms. The van der Waals surface area contributed by atoms with Crippen LogP contribution in [-0.2, 0) is 11.2 Å². The third-order valence-electron chi connectivity index (χ3n) is 4.39. The van der Waals surface area contributed by atoms with Crippen LogP contribution in [0, 0.1) is 11.8 Å². The number of amides is 1. The Labute approximate surface area is 119 Å². The average molecular weight is 274 g/mol. The van der Waals surface area contributed by atoms with Crippen molar-refractivity contribution in [3.05, 3.63) is 29.8 Å². The molecule has 2 atom stereocenters. The van der Waals surface area contributed by atoms with Crippen molar-refractivity contribution in [2.75, 3.05) is 26.2 Å². The highest BCUT2D eigenvalue weighted by Crippen LogP contribution is 2.28. The number of nitrogens with zero attached hydrogens (tertiary/aromatic N) is 1. The number of para-hydroxylation sites is 1. The molecule has 2 aliphatic heterocycles. The van der Waals surface area contributed by atoms with Crippen molar-refractivity contribution < 1.29 is 9.53 Å². The van der Waals surface area contributed by atoms with E-state index in [1.54, 1.807) is 0 Å². The Bertz CT molecular complexity index is 489. The Balaban J connectivity index is 1.67. The zero-order valence-corrected chi connectivity index (χ0v) is 11.8. The highest BCUT2D eigenvalue weighted by Gasteiger charge is 2.31. The van der Waals surface area contributed by atoms with Crippen LogP contribution in [0.15, 0.2) is 24.3 Å². The van der Waals surface area contributed by atoms with E-state index < -0.39 is 0 Å². The zero-order valence-electron chi connectivity index (χ0n) is 11.8. The Morgan fingerprint density at radius 3 is 3.10 bits per heavy atom. The first kappa shape index (κ1) is 13.4. The van der Waals surface area contributed by atoms with Gasteiger partial charge in [0.2, 0.25) is 5.91 Å². The van der Waals surface area contributed by atoms with Crippen LogP contribution in [0.1, 0.15) is 18.4 Å². The molecule has 1 fully saturated rings. The number of ether oxygens (including phenoxy) is 1. The van der Waals surface area contributed by atoms with Gasteiger partial charge in [0.05, 0.1) is 5.92 Å². The molecule has 4 heteroatoms. The standard InChI is InChI=1S/C16H22N2O2/c17-9-12-4-3-7-18(10-12)16(19)14-8-13-5-1-2-6-15(13)20-11-14/h1-2,5-6,12,14H,3-4,7-11,17H2. The van der Waals surface area contributed by atoms with Gasteiger partial charge in [-0.25, -0.2) is 0 Å². The van der Waals surface area contributed by atoms with E-state index in [1.807, 2.05) is 29.2 Å². The van der Waals surface area contributed by atoms with Gasteiger partial charge in [0.15, 0.2) is 0 Å². The van der Waals surface area contributed by atoms with E-state index in [-0.39, 0.29) is 11.8 Å². The normalized spacial score (nSPS) is 25.8. The van der Waals surface area contributed by atoms with Crippen LogP contribution < -0.4 is 10.5 Å². The van der Waals surface area contributed by atoms with Crippen LogP contribution in [0.5, 0.6) is 5.75 Å². The molecule has 1 saturated heterocycles. The summed E-state index contributed by atoms with van der Waals surface area (Å²) in [6, 6.07) is 7.99. The number of carbonyl (C=O) groups is 1. The number of rotatable bonds is 2. The topological polar surface area (TPSA) is 55.6 Å². The van der Waals surface area contributed by atoms with Crippen molar-refractivity contribution in [1.29, 1.82) is 0 Å². The monoisotopic (exact) mass is 274 g/mol. The second kappa shape index (κ2) is 5.83. The van der Waals surface area contributed by atoms with E-state index in [1.165, 1.54) is 0 Å². The van der Waals surface area contributed by atoms with Crippen molar-refractivity contribution in [3.63, 3.8) is 0 Å². The molecule has 2 N–H and O–H groups in total. The lowest BCUT2D eigenvalue weighted by Gasteiger charge is -2.35. The number of likely N-dealkylation sites (tertiary alicyclic amines) is 1. The van der Waals surface area contributed by atoms with Crippen molar-refractivity contribution in [2.45, 2.75) is 19.3 Å². The van der Waals surface area contributed by atoms with Gasteiger partial charge in [-0.15, -0.1) is 0 Å². The lowest BCUT2D eigenvalue weighted by atomic mass is 9.93. The van der Waals surface area contributed by atoms with Crippen LogP contribution in [0.4, 0.5) is 0 Å². The number of fused-ring (bicyclic) bond motifs is 1. The predicted molar refractivity (Wildman–Crippen MR) is 77.5 cm³/mol. The fraction of sp³-hybridized carbons (Fsp3) is 0.562. The maximum absolute atomic E-state index is 12.6. The summed E-state index contributed by atoms with van der Waals surface area (Å²) in [7, 11) is 0. The van der Waals surface area contributed by atoms with Crippen molar-refractivity contribution >= 4 is 5.91 Å². The summed E-state index contributed by atoms with van der Waals surface area (Å²) < 4.78 is 5.73.